The van der Waals surface area contributed by atoms with Crippen LogP contribution in [0.15, 0.2) is 11.6 Å². The lowest BCUT2D eigenvalue weighted by Crippen LogP contribution is -2.58. The Morgan fingerprint density at radius 2 is 2.26 bits per heavy atom. The van der Waals surface area contributed by atoms with E-state index in [1.54, 1.807) is 11.3 Å². The van der Waals surface area contributed by atoms with Gasteiger partial charge in [-0.3, -0.25) is 4.90 Å². The van der Waals surface area contributed by atoms with Gasteiger partial charge in [0.1, 0.15) is 5.01 Å². The van der Waals surface area contributed by atoms with Gasteiger partial charge in [-0.1, -0.05) is 27.2 Å². The highest BCUT2D eigenvalue weighted by atomic mass is 32.1. The largest absolute Gasteiger partial charge is 0.311 e. The standard InChI is InChI=1S/C15H27N3S/c1-5-11(3)13-10-18(12(4)9-17-13)14(6-2)15-16-7-8-19-15/h7-8,11-14,17H,5-6,9-10H2,1-4H3. The summed E-state index contributed by atoms with van der Waals surface area (Å²) < 4.78 is 0. The predicted molar refractivity (Wildman–Crippen MR) is 82.6 cm³/mol. The molecule has 4 unspecified atom stereocenters. The maximum atomic E-state index is 4.54. The highest BCUT2D eigenvalue weighted by Crippen LogP contribution is 2.30. The topological polar surface area (TPSA) is 28.2 Å². The van der Waals surface area contributed by atoms with Gasteiger partial charge in [-0.25, -0.2) is 4.98 Å². The van der Waals surface area contributed by atoms with Gasteiger partial charge in [-0.15, -0.1) is 11.3 Å². The lowest BCUT2D eigenvalue weighted by molar-refractivity contribution is 0.0722. The molecule has 0 aromatic carbocycles. The first-order valence-electron chi connectivity index (χ1n) is 7.55. The minimum atomic E-state index is 0.489. The fourth-order valence-electron chi connectivity index (χ4n) is 2.96. The summed E-state index contributed by atoms with van der Waals surface area (Å²) in [7, 11) is 0. The average Bonchev–Trinajstić information content (AvgIpc) is 2.94. The Balaban J connectivity index is 2.11. The molecule has 1 aliphatic rings. The second-order valence-electron chi connectivity index (χ2n) is 5.74. The number of hydrogen-bond donors (Lipinski definition) is 1. The van der Waals surface area contributed by atoms with Crippen LogP contribution < -0.4 is 5.32 Å². The van der Waals surface area contributed by atoms with Crippen molar-refractivity contribution in [2.75, 3.05) is 13.1 Å². The van der Waals surface area contributed by atoms with E-state index in [4.69, 9.17) is 0 Å². The van der Waals surface area contributed by atoms with Crippen LogP contribution >= 0.6 is 11.3 Å². The molecule has 1 aliphatic heterocycles. The van der Waals surface area contributed by atoms with Gasteiger partial charge < -0.3 is 5.32 Å². The van der Waals surface area contributed by atoms with Crippen LogP contribution in [0, 0.1) is 5.92 Å². The Labute approximate surface area is 121 Å². The maximum Gasteiger partial charge on any atom is 0.110 e. The number of nitrogens with zero attached hydrogens (tertiary/aromatic N) is 2. The summed E-state index contributed by atoms with van der Waals surface area (Å²) in [6, 6.07) is 1.70. The van der Waals surface area contributed by atoms with E-state index in [1.165, 1.54) is 11.4 Å². The van der Waals surface area contributed by atoms with Crippen LogP contribution in [0.3, 0.4) is 0 Å². The zero-order valence-electron chi connectivity index (χ0n) is 12.6. The third-order valence-corrected chi connectivity index (χ3v) is 5.38. The van der Waals surface area contributed by atoms with Crippen LogP contribution in [0.25, 0.3) is 0 Å². The van der Waals surface area contributed by atoms with E-state index in [2.05, 4.69) is 48.3 Å². The number of rotatable bonds is 5. The minimum absolute atomic E-state index is 0.489. The monoisotopic (exact) mass is 281 g/mol. The van der Waals surface area contributed by atoms with Gasteiger partial charge in [0, 0.05) is 36.8 Å². The SMILES string of the molecule is CCC(C)C1CN(C(CC)c2nccs2)C(C)CN1. The van der Waals surface area contributed by atoms with Crippen molar-refractivity contribution in [3.05, 3.63) is 16.6 Å². The Hall–Kier alpha value is -0.450. The summed E-state index contributed by atoms with van der Waals surface area (Å²) >= 11 is 1.79. The van der Waals surface area contributed by atoms with Gasteiger partial charge in [-0.05, 0) is 19.3 Å². The van der Waals surface area contributed by atoms with E-state index >= 15 is 0 Å². The van der Waals surface area contributed by atoms with Gasteiger partial charge in [-0.2, -0.15) is 0 Å². The molecule has 0 saturated carbocycles. The molecule has 2 heterocycles. The molecule has 1 N–H and O–H groups in total. The molecule has 0 radical (unpaired) electrons. The second-order valence-corrected chi connectivity index (χ2v) is 6.67. The number of piperazine rings is 1. The molecule has 19 heavy (non-hydrogen) atoms. The molecular weight excluding hydrogens is 254 g/mol. The summed E-state index contributed by atoms with van der Waals surface area (Å²) in [5.41, 5.74) is 0. The Morgan fingerprint density at radius 1 is 1.47 bits per heavy atom. The van der Waals surface area contributed by atoms with Crippen LogP contribution in [0.1, 0.15) is 51.6 Å². The maximum absolute atomic E-state index is 4.54. The quantitative estimate of drug-likeness (QED) is 0.897. The molecule has 1 aromatic heterocycles. The molecule has 4 atom stereocenters. The lowest BCUT2D eigenvalue weighted by atomic mass is 9.94. The zero-order chi connectivity index (χ0) is 13.8. The molecule has 0 spiro atoms. The van der Waals surface area contributed by atoms with Gasteiger partial charge in [0.05, 0.1) is 6.04 Å². The van der Waals surface area contributed by atoms with Crippen molar-refractivity contribution in [2.45, 2.75) is 58.7 Å². The van der Waals surface area contributed by atoms with Crippen molar-refractivity contribution in [1.29, 1.82) is 0 Å². The third kappa shape index (κ3) is 3.36. The van der Waals surface area contributed by atoms with Crippen molar-refractivity contribution in [3.8, 4) is 0 Å². The highest BCUT2D eigenvalue weighted by Gasteiger charge is 2.33. The van der Waals surface area contributed by atoms with E-state index in [9.17, 15) is 0 Å². The zero-order valence-corrected chi connectivity index (χ0v) is 13.4. The van der Waals surface area contributed by atoms with Crippen molar-refractivity contribution in [2.24, 2.45) is 5.92 Å². The number of hydrogen-bond acceptors (Lipinski definition) is 4. The Bertz CT molecular complexity index is 365. The summed E-state index contributed by atoms with van der Waals surface area (Å²) in [6.45, 7) is 11.5. The van der Waals surface area contributed by atoms with Crippen LogP contribution in [0.4, 0.5) is 0 Å². The van der Waals surface area contributed by atoms with Crippen molar-refractivity contribution in [3.63, 3.8) is 0 Å². The van der Waals surface area contributed by atoms with Crippen LogP contribution in [0.5, 0.6) is 0 Å². The van der Waals surface area contributed by atoms with Crippen molar-refractivity contribution >= 4 is 11.3 Å². The first-order chi connectivity index (χ1) is 9.17. The van der Waals surface area contributed by atoms with Crippen LogP contribution in [-0.2, 0) is 0 Å². The Kier molecular flexibility index (Phi) is 5.37. The molecule has 0 aliphatic carbocycles. The van der Waals surface area contributed by atoms with Gasteiger partial charge in [0.25, 0.3) is 0 Å². The molecule has 1 aromatic rings. The fourth-order valence-corrected chi connectivity index (χ4v) is 3.80. The first kappa shape index (κ1) is 14.9. The van der Waals surface area contributed by atoms with E-state index in [0.29, 0.717) is 18.1 Å². The van der Waals surface area contributed by atoms with Crippen molar-refractivity contribution in [1.82, 2.24) is 15.2 Å². The summed E-state index contributed by atoms with van der Waals surface area (Å²) in [6.07, 6.45) is 4.32. The lowest BCUT2D eigenvalue weighted by Gasteiger charge is -2.44. The van der Waals surface area contributed by atoms with E-state index < -0.39 is 0 Å². The normalized spacial score (nSPS) is 28.2. The van der Waals surface area contributed by atoms with E-state index in [1.807, 2.05) is 6.20 Å². The molecule has 0 amide bonds. The molecule has 2 rings (SSSR count). The summed E-state index contributed by atoms with van der Waals surface area (Å²) in [5, 5.41) is 7.09. The van der Waals surface area contributed by atoms with Gasteiger partial charge in [0.15, 0.2) is 0 Å². The average molecular weight is 281 g/mol. The van der Waals surface area contributed by atoms with Crippen molar-refractivity contribution < 1.29 is 0 Å². The fraction of sp³-hybridized carbons (Fsp3) is 0.800. The van der Waals surface area contributed by atoms with Gasteiger partial charge >= 0.3 is 0 Å². The summed E-state index contributed by atoms with van der Waals surface area (Å²) in [5.74, 6) is 0.740. The predicted octanol–water partition coefficient (Wildman–Crippen LogP) is 3.30. The number of nitrogens with one attached hydrogen (secondary N) is 1. The highest BCUT2D eigenvalue weighted by molar-refractivity contribution is 7.09. The third-order valence-electron chi connectivity index (χ3n) is 4.50. The molecule has 3 nitrogen and oxygen atoms in total. The summed E-state index contributed by atoms with van der Waals surface area (Å²) in [4.78, 5) is 7.20. The second kappa shape index (κ2) is 6.82. The molecule has 4 heteroatoms. The van der Waals surface area contributed by atoms with Crippen LogP contribution in [-0.4, -0.2) is 35.1 Å². The molecular formula is C15H27N3S. The number of thiazole rings is 1. The van der Waals surface area contributed by atoms with E-state index in [0.717, 1.165) is 25.4 Å². The molecule has 0 bridgehead atoms. The Morgan fingerprint density at radius 3 is 2.84 bits per heavy atom. The molecule has 1 fully saturated rings. The number of aromatic nitrogens is 1. The van der Waals surface area contributed by atoms with E-state index in [-0.39, 0.29) is 0 Å². The van der Waals surface area contributed by atoms with Gasteiger partial charge in [0.2, 0.25) is 0 Å². The smallest absolute Gasteiger partial charge is 0.110 e. The molecule has 1 saturated heterocycles. The first-order valence-corrected chi connectivity index (χ1v) is 8.43. The molecule has 108 valence electrons. The van der Waals surface area contributed by atoms with Crippen LogP contribution in [0.2, 0.25) is 0 Å². The minimum Gasteiger partial charge on any atom is -0.311 e.